The normalized spacial score (nSPS) is 37.2. The van der Waals surface area contributed by atoms with Crippen molar-refractivity contribution in [2.45, 2.75) is 52.4 Å². The van der Waals surface area contributed by atoms with Crippen LogP contribution in [-0.4, -0.2) is 0 Å². The fraction of sp³-hybridized carbons (Fsp3) is 1.00. The Morgan fingerprint density at radius 2 is 1.58 bits per heavy atom. The van der Waals surface area contributed by atoms with Crippen molar-refractivity contribution in [3.8, 4) is 0 Å². The molecule has 0 heteroatoms. The quantitative estimate of drug-likeness (QED) is 0.584. The Hall–Kier alpha value is 0. The van der Waals surface area contributed by atoms with Crippen molar-refractivity contribution in [2.75, 3.05) is 0 Å². The molecule has 2 aliphatic rings. The summed E-state index contributed by atoms with van der Waals surface area (Å²) in [6.45, 7) is 4.84. The van der Waals surface area contributed by atoms with Gasteiger partial charge in [-0.1, -0.05) is 39.5 Å². The third-order valence-corrected chi connectivity index (χ3v) is 4.24. The SMILES string of the molecule is CC(C)C1CCCC1C1CCC1. The van der Waals surface area contributed by atoms with Gasteiger partial charge in [0.25, 0.3) is 0 Å². The maximum Gasteiger partial charge on any atom is -0.0355 e. The van der Waals surface area contributed by atoms with Gasteiger partial charge in [-0.05, 0) is 36.5 Å². The first-order valence-corrected chi connectivity index (χ1v) is 5.79. The average Bonchev–Trinajstić information content (AvgIpc) is 2.31. The second-order valence-electron chi connectivity index (χ2n) is 5.19. The molecule has 0 N–H and O–H groups in total. The van der Waals surface area contributed by atoms with Gasteiger partial charge < -0.3 is 0 Å². The molecular formula is C12H22. The van der Waals surface area contributed by atoms with Crippen molar-refractivity contribution in [3.05, 3.63) is 0 Å². The summed E-state index contributed by atoms with van der Waals surface area (Å²) < 4.78 is 0. The minimum atomic E-state index is 0.943. The van der Waals surface area contributed by atoms with Gasteiger partial charge in [-0.3, -0.25) is 0 Å². The zero-order valence-corrected chi connectivity index (χ0v) is 8.55. The summed E-state index contributed by atoms with van der Waals surface area (Å²) in [6.07, 6.45) is 9.21. The Morgan fingerprint density at radius 3 is 2.08 bits per heavy atom. The largest absolute Gasteiger partial charge is 0.0625 e. The van der Waals surface area contributed by atoms with E-state index < -0.39 is 0 Å². The van der Waals surface area contributed by atoms with E-state index >= 15 is 0 Å². The monoisotopic (exact) mass is 166 g/mol. The highest BCUT2D eigenvalue weighted by atomic mass is 14.4. The van der Waals surface area contributed by atoms with Crippen LogP contribution in [0.3, 0.4) is 0 Å². The molecule has 2 atom stereocenters. The molecule has 2 unspecified atom stereocenters. The summed E-state index contributed by atoms with van der Waals surface area (Å²) >= 11 is 0. The van der Waals surface area contributed by atoms with E-state index in [1.165, 1.54) is 19.3 Å². The van der Waals surface area contributed by atoms with Gasteiger partial charge in [0, 0.05) is 0 Å². The van der Waals surface area contributed by atoms with Crippen LogP contribution >= 0.6 is 0 Å². The van der Waals surface area contributed by atoms with Crippen LogP contribution in [0.1, 0.15) is 52.4 Å². The lowest BCUT2D eigenvalue weighted by Gasteiger charge is -2.36. The first kappa shape index (κ1) is 8.59. The molecule has 2 fully saturated rings. The number of hydrogen-bond acceptors (Lipinski definition) is 0. The van der Waals surface area contributed by atoms with Gasteiger partial charge >= 0.3 is 0 Å². The van der Waals surface area contributed by atoms with Crippen LogP contribution in [0.5, 0.6) is 0 Å². The molecular weight excluding hydrogens is 144 g/mol. The molecule has 0 amide bonds. The summed E-state index contributed by atoms with van der Waals surface area (Å²) in [4.78, 5) is 0. The molecule has 12 heavy (non-hydrogen) atoms. The Morgan fingerprint density at radius 1 is 0.917 bits per heavy atom. The van der Waals surface area contributed by atoms with Gasteiger partial charge in [0.05, 0.1) is 0 Å². The summed E-state index contributed by atoms with van der Waals surface area (Å²) in [6, 6.07) is 0. The second-order valence-corrected chi connectivity index (χ2v) is 5.19. The van der Waals surface area contributed by atoms with Gasteiger partial charge in [0.15, 0.2) is 0 Å². The van der Waals surface area contributed by atoms with Crippen LogP contribution in [-0.2, 0) is 0 Å². The Kier molecular flexibility index (Phi) is 2.43. The summed E-state index contributed by atoms with van der Waals surface area (Å²) in [5.41, 5.74) is 0. The lowest BCUT2D eigenvalue weighted by atomic mass is 9.69. The highest BCUT2D eigenvalue weighted by Gasteiger charge is 2.37. The number of hydrogen-bond donors (Lipinski definition) is 0. The van der Waals surface area contributed by atoms with Gasteiger partial charge in [-0.25, -0.2) is 0 Å². The minimum Gasteiger partial charge on any atom is -0.0625 e. The molecule has 70 valence electrons. The molecule has 0 aromatic carbocycles. The standard InChI is InChI=1S/C12H22/c1-9(2)11-7-4-8-12(11)10-5-3-6-10/h9-12H,3-8H2,1-2H3. The maximum absolute atomic E-state index is 2.42. The van der Waals surface area contributed by atoms with E-state index in [1.807, 2.05) is 0 Å². The molecule has 0 nitrogen and oxygen atoms in total. The van der Waals surface area contributed by atoms with E-state index in [0.29, 0.717) is 0 Å². The molecule has 0 radical (unpaired) electrons. The predicted octanol–water partition coefficient (Wildman–Crippen LogP) is 3.86. The second kappa shape index (κ2) is 3.40. The molecule has 2 aliphatic carbocycles. The van der Waals surface area contributed by atoms with Crippen molar-refractivity contribution in [1.29, 1.82) is 0 Å². The lowest BCUT2D eigenvalue weighted by molar-refractivity contribution is 0.140. The average molecular weight is 166 g/mol. The van der Waals surface area contributed by atoms with E-state index in [9.17, 15) is 0 Å². The molecule has 2 saturated carbocycles. The number of rotatable bonds is 2. The molecule has 0 aromatic rings. The van der Waals surface area contributed by atoms with Crippen molar-refractivity contribution < 1.29 is 0 Å². The van der Waals surface area contributed by atoms with Crippen molar-refractivity contribution in [2.24, 2.45) is 23.7 Å². The molecule has 2 rings (SSSR count). The maximum atomic E-state index is 2.42. The predicted molar refractivity (Wildman–Crippen MR) is 53.0 cm³/mol. The van der Waals surface area contributed by atoms with E-state index in [4.69, 9.17) is 0 Å². The summed E-state index contributed by atoms with van der Waals surface area (Å²) in [5, 5.41) is 0. The first-order valence-electron chi connectivity index (χ1n) is 5.79. The summed E-state index contributed by atoms with van der Waals surface area (Å²) in [7, 11) is 0. The van der Waals surface area contributed by atoms with Crippen molar-refractivity contribution >= 4 is 0 Å². The topological polar surface area (TPSA) is 0 Å². The molecule has 0 heterocycles. The zero-order chi connectivity index (χ0) is 8.55. The highest BCUT2D eigenvalue weighted by Crippen LogP contribution is 2.47. The van der Waals surface area contributed by atoms with Crippen LogP contribution < -0.4 is 0 Å². The van der Waals surface area contributed by atoms with E-state index in [0.717, 1.165) is 23.7 Å². The molecule has 0 spiro atoms. The zero-order valence-electron chi connectivity index (χ0n) is 8.55. The third kappa shape index (κ3) is 1.41. The molecule has 0 aromatic heterocycles. The fourth-order valence-electron chi connectivity index (χ4n) is 3.30. The van der Waals surface area contributed by atoms with Gasteiger partial charge in [0.1, 0.15) is 0 Å². The first-order chi connectivity index (χ1) is 5.79. The van der Waals surface area contributed by atoms with Crippen molar-refractivity contribution in [1.82, 2.24) is 0 Å². The van der Waals surface area contributed by atoms with Crippen LogP contribution in [0.15, 0.2) is 0 Å². The van der Waals surface area contributed by atoms with Crippen LogP contribution in [0.2, 0.25) is 0 Å². The Balaban J connectivity index is 1.93. The summed E-state index contributed by atoms with van der Waals surface area (Å²) in [5.74, 6) is 4.28. The van der Waals surface area contributed by atoms with Crippen molar-refractivity contribution in [3.63, 3.8) is 0 Å². The van der Waals surface area contributed by atoms with E-state index in [1.54, 1.807) is 19.3 Å². The van der Waals surface area contributed by atoms with E-state index in [2.05, 4.69) is 13.8 Å². The molecule has 0 saturated heterocycles. The smallest absolute Gasteiger partial charge is 0.0355 e. The third-order valence-electron chi connectivity index (χ3n) is 4.24. The van der Waals surface area contributed by atoms with E-state index in [-0.39, 0.29) is 0 Å². The van der Waals surface area contributed by atoms with Gasteiger partial charge in [0.2, 0.25) is 0 Å². The Labute approximate surface area is 76.7 Å². The lowest BCUT2D eigenvalue weighted by Crippen LogP contribution is -2.27. The van der Waals surface area contributed by atoms with Gasteiger partial charge in [-0.15, -0.1) is 0 Å². The molecule has 0 bridgehead atoms. The van der Waals surface area contributed by atoms with Crippen LogP contribution in [0.4, 0.5) is 0 Å². The van der Waals surface area contributed by atoms with Crippen LogP contribution in [0, 0.1) is 23.7 Å². The molecule has 0 aliphatic heterocycles. The van der Waals surface area contributed by atoms with Crippen LogP contribution in [0.25, 0.3) is 0 Å². The Bertz CT molecular complexity index is 144. The minimum absolute atomic E-state index is 0.943. The van der Waals surface area contributed by atoms with Gasteiger partial charge in [-0.2, -0.15) is 0 Å². The fourth-order valence-corrected chi connectivity index (χ4v) is 3.30. The highest BCUT2D eigenvalue weighted by molar-refractivity contribution is 4.87.